The molecule has 0 radical (unpaired) electrons. The van der Waals surface area contributed by atoms with E-state index in [1.807, 2.05) is 81.1 Å². The van der Waals surface area contributed by atoms with Gasteiger partial charge in [0.05, 0.1) is 32.4 Å². The number of carbonyl (C=O) groups excluding carboxylic acids is 5. The van der Waals surface area contributed by atoms with E-state index in [1.165, 1.54) is 6.92 Å². The number of morpholine rings is 1. The summed E-state index contributed by atoms with van der Waals surface area (Å²) in [6.45, 7) is 10.3. The van der Waals surface area contributed by atoms with Crippen molar-refractivity contribution >= 4 is 41.8 Å². The van der Waals surface area contributed by atoms with Crippen molar-refractivity contribution in [3.05, 3.63) is 71.8 Å². The molecule has 0 spiro atoms. The second kappa shape index (κ2) is 23.1. The minimum atomic E-state index is -2.08. The summed E-state index contributed by atoms with van der Waals surface area (Å²) in [6, 6.07) is 14.4. The monoisotopic (exact) mass is 773 g/mol. The predicted molar refractivity (Wildman–Crippen MR) is 209 cm³/mol. The molecule has 0 bridgehead atoms. The van der Waals surface area contributed by atoms with E-state index >= 15 is 0 Å². The van der Waals surface area contributed by atoms with Crippen LogP contribution >= 0.6 is 12.4 Å². The van der Waals surface area contributed by atoms with Crippen molar-refractivity contribution in [1.82, 2.24) is 26.2 Å². The van der Waals surface area contributed by atoms with Gasteiger partial charge in [-0.1, -0.05) is 88.4 Å². The van der Waals surface area contributed by atoms with Crippen LogP contribution in [0.25, 0.3) is 0 Å². The minimum Gasteiger partial charge on any atom is -0.393 e. The van der Waals surface area contributed by atoms with Crippen LogP contribution in [0.3, 0.4) is 0 Å². The number of benzene rings is 2. The highest BCUT2D eigenvalue weighted by molar-refractivity contribution is 5.97. The van der Waals surface area contributed by atoms with Crippen LogP contribution in [0.1, 0.15) is 65.0 Å². The van der Waals surface area contributed by atoms with Gasteiger partial charge in [-0.25, -0.2) is 0 Å². The first-order chi connectivity index (χ1) is 25.2. The van der Waals surface area contributed by atoms with Crippen molar-refractivity contribution in [1.29, 1.82) is 0 Å². The maximum atomic E-state index is 14.1. The Bertz CT molecular complexity index is 1470. The van der Waals surface area contributed by atoms with Crippen molar-refractivity contribution in [3.8, 4) is 0 Å². The molecule has 2 aromatic carbocycles. The number of hydrogen-bond donors (Lipinski definition) is 6. The maximum absolute atomic E-state index is 14.1. The van der Waals surface area contributed by atoms with Crippen LogP contribution < -0.4 is 21.3 Å². The lowest BCUT2D eigenvalue weighted by Gasteiger charge is -2.30. The molecule has 2 aromatic rings. The summed E-state index contributed by atoms with van der Waals surface area (Å²) in [5, 5.41) is 31.5. The fourth-order valence-corrected chi connectivity index (χ4v) is 6.16. The van der Waals surface area contributed by atoms with Gasteiger partial charge in [0.2, 0.25) is 23.6 Å². The number of amides is 4. The fraction of sp³-hybridized carbons (Fsp3) is 0.575. The summed E-state index contributed by atoms with van der Waals surface area (Å²) in [4.78, 5) is 70.2. The van der Waals surface area contributed by atoms with Gasteiger partial charge in [-0.05, 0) is 55.6 Å². The summed E-state index contributed by atoms with van der Waals surface area (Å²) in [5.41, 5.74) is -0.337. The molecule has 54 heavy (non-hydrogen) atoms. The summed E-state index contributed by atoms with van der Waals surface area (Å²) in [7, 11) is 0. The van der Waals surface area contributed by atoms with Gasteiger partial charge in [0.1, 0.15) is 23.7 Å². The average molecular weight is 774 g/mol. The topological polar surface area (TPSA) is 186 Å². The number of carbonyl (C=O) groups is 5. The lowest BCUT2D eigenvalue weighted by molar-refractivity contribution is -0.144. The third-order valence-corrected chi connectivity index (χ3v) is 9.12. The van der Waals surface area contributed by atoms with Crippen molar-refractivity contribution in [3.63, 3.8) is 0 Å². The number of ketones is 1. The third kappa shape index (κ3) is 15.8. The molecule has 0 unspecified atom stereocenters. The van der Waals surface area contributed by atoms with Crippen LogP contribution in [0.4, 0.5) is 0 Å². The first kappa shape index (κ1) is 46.3. The van der Waals surface area contributed by atoms with Gasteiger partial charge in [-0.3, -0.25) is 28.9 Å². The number of rotatable bonds is 21. The number of nitrogens with zero attached hydrogens (tertiary/aromatic N) is 1. The number of aryl methyl sites for hydroxylation is 1. The summed E-state index contributed by atoms with van der Waals surface area (Å²) < 4.78 is 5.39. The number of aliphatic hydroxyl groups is 2. The van der Waals surface area contributed by atoms with Crippen LogP contribution in [-0.2, 0) is 41.6 Å². The standard InChI is InChI=1S/C40H59N5O8.ClH/c1-27(2)22-32(36(48)40(5,52)26-46)42-39(51)34(24-30-14-10-7-11-15-30)44-38(50)33(23-28(3)4)43-37(49)31(17-16-29-12-8-6-9-13-29)41-35(47)25-45-18-20-53-21-19-45;/h6-15,27-28,31-34,46,52H,16-26H2,1-5H3,(H,41,47)(H,42,51)(H,43,49)(H,44,50);1H/t31-,32-,33-,34-,40-;/m0./s1. The molecular formula is C40H60ClN5O8. The molecule has 13 nitrogen and oxygen atoms in total. The fourth-order valence-electron chi connectivity index (χ4n) is 6.16. The molecule has 3 rings (SSSR count). The van der Waals surface area contributed by atoms with E-state index in [4.69, 9.17) is 4.74 Å². The Morgan fingerprint density at radius 1 is 0.722 bits per heavy atom. The van der Waals surface area contributed by atoms with Crippen molar-refractivity contribution in [2.75, 3.05) is 39.5 Å². The molecule has 1 aliphatic rings. The highest BCUT2D eigenvalue weighted by Gasteiger charge is 2.38. The number of hydrogen-bond acceptors (Lipinski definition) is 9. The molecule has 4 amide bonds. The first-order valence-electron chi connectivity index (χ1n) is 18.6. The third-order valence-electron chi connectivity index (χ3n) is 9.12. The Labute approximate surface area is 325 Å². The SMILES string of the molecule is CC(C)C[C@H](NC(=O)[C@H](CCc1ccccc1)NC(=O)CN1CCOCC1)C(=O)N[C@@H](Cc1ccccc1)C(=O)N[C@@H](CC(C)C)C(=O)[C@@](C)(O)CO.Cl. The molecule has 5 atom stereocenters. The second-order valence-electron chi connectivity index (χ2n) is 15.0. The van der Waals surface area contributed by atoms with Gasteiger partial charge >= 0.3 is 0 Å². The van der Waals surface area contributed by atoms with E-state index in [9.17, 15) is 34.2 Å². The average Bonchev–Trinajstić information content (AvgIpc) is 3.12. The van der Waals surface area contributed by atoms with Gasteiger partial charge in [0.25, 0.3) is 0 Å². The zero-order chi connectivity index (χ0) is 39.0. The maximum Gasteiger partial charge on any atom is 0.243 e. The molecule has 1 saturated heterocycles. The number of ether oxygens (including phenoxy) is 1. The predicted octanol–water partition coefficient (Wildman–Crippen LogP) is 1.96. The Morgan fingerprint density at radius 2 is 1.20 bits per heavy atom. The molecule has 1 aliphatic heterocycles. The molecule has 0 saturated carbocycles. The van der Waals surface area contributed by atoms with E-state index in [1.54, 1.807) is 12.1 Å². The van der Waals surface area contributed by atoms with Gasteiger partial charge in [-0.2, -0.15) is 0 Å². The van der Waals surface area contributed by atoms with Crippen LogP contribution in [0.2, 0.25) is 0 Å². The molecule has 1 heterocycles. The van der Waals surface area contributed by atoms with Crippen molar-refractivity contribution < 1.29 is 38.9 Å². The number of aliphatic hydroxyl groups excluding tert-OH is 1. The highest BCUT2D eigenvalue weighted by atomic mass is 35.5. The molecule has 1 fully saturated rings. The molecule has 14 heteroatoms. The first-order valence-corrected chi connectivity index (χ1v) is 18.6. The van der Waals surface area contributed by atoms with E-state index in [2.05, 4.69) is 21.3 Å². The molecule has 6 N–H and O–H groups in total. The van der Waals surface area contributed by atoms with E-state index < -0.39 is 59.9 Å². The largest absolute Gasteiger partial charge is 0.393 e. The molecule has 0 aliphatic carbocycles. The Morgan fingerprint density at radius 3 is 1.76 bits per heavy atom. The minimum absolute atomic E-state index is 0. The molecule has 0 aromatic heterocycles. The van der Waals surface area contributed by atoms with E-state index in [0.29, 0.717) is 39.1 Å². The summed E-state index contributed by atoms with van der Waals surface area (Å²) in [6.07, 6.45) is 1.33. The lowest BCUT2D eigenvalue weighted by atomic mass is 9.90. The highest BCUT2D eigenvalue weighted by Crippen LogP contribution is 2.16. The molecular weight excluding hydrogens is 714 g/mol. The summed E-state index contributed by atoms with van der Waals surface area (Å²) >= 11 is 0. The number of Topliss-reactive ketones (excluding diaryl/α,β-unsaturated/α-hetero) is 1. The number of halogens is 1. The second-order valence-corrected chi connectivity index (χ2v) is 15.0. The lowest BCUT2D eigenvalue weighted by Crippen LogP contribution is -2.60. The quantitative estimate of drug-likeness (QED) is 0.110. The van der Waals surface area contributed by atoms with Crippen LogP contribution in [0.15, 0.2) is 60.7 Å². The van der Waals surface area contributed by atoms with Gasteiger partial charge in [0.15, 0.2) is 5.78 Å². The Hall–Kier alpha value is -3.88. The van der Waals surface area contributed by atoms with Crippen molar-refractivity contribution in [2.24, 2.45) is 11.8 Å². The van der Waals surface area contributed by atoms with Gasteiger partial charge < -0.3 is 36.2 Å². The smallest absolute Gasteiger partial charge is 0.243 e. The van der Waals surface area contributed by atoms with Crippen LogP contribution in [-0.4, -0.2) is 114 Å². The zero-order valence-electron chi connectivity index (χ0n) is 32.2. The Kier molecular flexibility index (Phi) is 19.8. The number of nitrogens with one attached hydrogen (secondary N) is 4. The summed E-state index contributed by atoms with van der Waals surface area (Å²) in [5.74, 6) is -2.89. The van der Waals surface area contributed by atoms with E-state index in [-0.39, 0.29) is 56.0 Å². The zero-order valence-corrected chi connectivity index (χ0v) is 33.0. The van der Waals surface area contributed by atoms with E-state index in [0.717, 1.165) is 11.1 Å². The van der Waals surface area contributed by atoms with Crippen LogP contribution in [0, 0.1) is 11.8 Å². The van der Waals surface area contributed by atoms with Crippen LogP contribution in [0.5, 0.6) is 0 Å². The van der Waals surface area contributed by atoms with Crippen molar-refractivity contribution in [2.45, 2.75) is 96.5 Å². The molecule has 300 valence electrons. The Balaban J connectivity index is 0.0000101. The normalized spacial score (nSPS) is 16.5. The van der Waals surface area contributed by atoms with Gasteiger partial charge in [0, 0.05) is 19.5 Å². The van der Waals surface area contributed by atoms with Gasteiger partial charge in [-0.15, -0.1) is 12.4 Å².